The van der Waals surface area contributed by atoms with E-state index in [4.69, 9.17) is 19.7 Å². The second-order valence-corrected chi connectivity index (χ2v) is 3.41. The van der Waals surface area contributed by atoms with Gasteiger partial charge >= 0.3 is 0 Å². The monoisotopic (exact) mass is 234 g/mol. The van der Waals surface area contributed by atoms with E-state index in [1.54, 1.807) is 13.2 Å². The first-order valence-corrected chi connectivity index (χ1v) is 5.28. The summed E-state index contributed by atoms with van der Waals surface area (Å²) >= 11 is 0. The van der Waals surface area contributed by atoms with E-state index in [1.165, 1.54) is 0 Å². The molecule has 0 spiro atoms. The first-order valence-electron chi connectivity index (χ1n) is 5.28. The van der Waals surface area contributed by atoms with Gasteiger partial charge in [-0.2, -0.15) is 0 Å². The number of nitrogens with zero attached hydrogens (tertiary/aromatic N) is 1. The topological polar surface area (TPSA) is 70.5 Å². The largest absolute Gasteiger partial charge is 0.493 e. The van der Waals surface area contributed by atoms with Crippen molar-refractivity contribution < 1.29 is 14.0 Å². The van der Waals surface area contributed by atoms with Crippen LogP contribution in [0.3, 0.4) is 0 Å². The van der Waals surface area contributed by atoms with Crippen LogP contribution in [-0.4, -0.2) is 18.9 Å². The normalized spacial score (nSPS) is 10.2. The fourth-order valence-corrected chi connectivity index (χ4v) is 1.52. The Balaban J connectivity index is 2.37. The summed E-state index contributed by atoms with van der Waals surface area (Å²) in [5.41, 5.74) is 6.35. The third-order valence-corrected chi connectivity index (χ3v) is 2.28. The van der Waals surface area contributed by atoms with Gasteiger partial charge < -0.3 is 19.7 Å². The molecule has 0 amide bonds. The maximum Gasteiger partial charge on any atom is 0.169 e. The number of ether oxygens (including phenoxy) is 2. The van der Waals surface area contributed by atoms with Crippen LogP contribution >= 0.6 is 0 Å². The summed E-state index contributed by atoms with van der Waals surface area (Å²) in [6, 6.07) is 7.18. The first-order chi connectivity index (χ1) is 8.24. The van der Waals surface area contributed by atoms with E-state index in [0.717, 1.165) is 5.56 Å². The highest BCUT2D eigenvalue weighted by molar-refractivity contribution is 5.64. The molecule has 90 valence electrons. The molecule has 0 fully saturated rings. The van der Waals surface area contributed by atoms with Gasteiger partial charge in [-0.1, -0.05) is 5.16 Å². The van der Waals surface area contributed by atoms with Crippen LogP contribution in [0.25, 0.3) is 11.3 Å². The summed E-state index contributed by atoms with van der Waals surface area (Å²) in [6.07, 6.45) is 0. The predicted molar refractivity (Wildman–Crippen MR) is 64.1 cm³/mol. The molecule has 0 aliphatic rings. The van der Waals surface area contributed by atoms with Gasteiger partial charge in [-0.25, -0.2) is 0 Å². The Morgan fingerprint density at radius 3 is 2.71 bits per heavy atom. The number of hydrogen-bond donors (Lipinski definition) is 1. The Labute approximate surface area is 99.1 Å². The van der Waals surface area contributed by atoms with Crippen LogP contribution in [-0.2, 0) is 0 Å². The highest BCUT2D eigenvalue weighted by Gasteiger charge is 2.09. The Morgan fingerprint density at radius 1 is 1.29 bits per heavy atom. The molecule has 17 heavy (non-hydrogen) atoms. The smallest absolute Gasteiger partial charge is 0.169 e. The van der Waals surface area contributed by atoms with Gasteiger partial charge in [-0.3, -0.25) is 0 Å². The van der Waals surface area contributed by atoms with Gasteiger partial charge in [0.1, 0.15) is 0 Å². The molecule has 2 N–H and O–H groups in total. The molecule has 0 aliphatic carbocycles. The molecule has 0 atom stereocenters. The maximum atomic E-state index is 5.50. The molecule has 2 aromatic rings. The van der Waals surface area contributed by atoms with Gasteiger partial charge in [-0.15, -0.1) is 0 Å². The van der Waals surface area contributed by atoms with Crippen LogP contribution in [0.15, 0.2) is 28.8 Å². The van der Waals surface area contributed by atoms with Crippen molar-refractivity contribution in [3.63, 3.8) is 0 Å². The highest BCUT2D eigenvalue weighted by Crippen LogP contribution is 2.32. The van der Waals surface area contributed by atoms with Crippen LogP contribution in [0, 0.1) is 0 Å². The summed E-state index contributed by atoms with van der Waals surface area (Å²) in [5.74, 6) is 2.31. The minimum Gasteiger partial charge on any atom is -0.493 e. The predicted octanol–water partition coefficient (Wildman–Crippen LogP) is 2.33. The Hall–Kier alpha value is -2.17. The Kier molecular flexibility index (Phi) is 3.18. The second-order valence-electron chi connectivity index (χ2n) is 3.41. The maximum absolute atomic E-state index is 5.50. The molecule has 2 rings (SSSR count). The third kappa shape index (κ3) is 2.33. The zero-order valence-electron chi connectivity index (χ0n) is 9.77. The van der Waals surface area contributed by atoms with Gasteiger partial charge in [0.25, 0.3) is 0 Å². The standard InChI is InChI=1S/C12H14N2O3/c1-3-16-9-5-4-8(6-11(9)15-2)10-7-12(13)14-17-10/h4-7H,3H2,1-2H3,(H2,13,14). The Bertz CT molecular complexity index is 508. The van der Waals surface area contributed by atoms with Crippen molar-refractivity contribution in [3.05, 3.63) is 24.3 Å². The average Bonchev–Trinajstić information content (AvgIpc) is 2.77. The molecule has 0 radical (unpaired) electrons. The van der Waals surface area contributed by atoms with Crippen molar-refractivity contribution in [2.24, 2.45) is 0 Å². The zero-order valence-corrected chi connectivity index (χ0v) is 9.77. The second kappa shape index (κ2) is 4.78. The Morgan fingerprint density at radius 2 is 2.12 bits per heavy atom. The molecule has 0 bridgehead atoms. The molecule has 1 aromatic carbocycles. The van der Waals surface area contributed by atoms with Gasteiger partial charge in [-0.05, 0) is 25.1 Å². The molecule has 0 saturated heterocycles. The van der Waals surface area contributed by atoms with Gasteiger partial charge in [0.05, 0.1) is 13.7 Å². The number of aromatic nitrogens is 1. The minimum atomic E-state index is 0.354. The van der Waals surface area contributed by atoms with E-state index >= 15 is 0 Å². The number of rotatable bonds is 4. The van der Waals surface area contributed by atoms with E-state index in [0.29, 0.717) is 29.7 Å². The fourth-order valence-electron chi connectivity index (χ4n) is 1.52. The van der Waals surface area contributed by atoms with E-state index in [1.807, 2.05) is 25.1 Å². The number of benzene rings is 1. The van der Waals surface area contributed by atoms with E-state index < -0.39 is 0 Å². The summed E-state index contributed by atoms with van der Waals surface area (Å²) < 4.78 is 15.8. The number of nitrogens with two attached hydrogens (primary N) is 1. The molecule has 0 unspecified atom stereocenters. The third-order valence-electron chi connectivity index (χ3n) is 2.28. The van der Waals surface area contributed by atoms with Gasteiger partial charge in [0.2, 0.25) is 0 Å². The number of hydrogen-bond acceptors (Lipinski definition) is 5. The number of nitrogen functional groups attached to an aromatic ring is 1. The van der Waals surface area contributed by atoms with Gasteiger partial charge in [0, 0.05) is 11.6 Å². The van der Waals surface area contributed by atoms with Crippen LogP contribution in [0.1, 0.15) is 6.92 Å². The van der Waals surface area contributed by atoms with E-state index in [-0.39, 0.29) is 0 Å². The van der Waals surface area contributed by atoms with Crippen molar-refractivity contribution in [2.45, 2.75) is 6.92 Å². The van der Waals surface area contributed by atoms with Crippen molar-refractivity contribution in [2.75, 3.05) is 19.5 Å². The number of anilines is 1. The average molecular weight is 234 g/mol. The molecule has 5 nitrogen and oxygen atoms in total. The van der Waals surface area contributed by atoms with Crippen molar-refractivity contribution in [3.8, 4) is 22.8 Å². The summed E-state index contributed by atoms with van der Waals surface area (Å²) in [4.78, 5) is 0. The zero-order chi connectivity index (χ0) is 12.3. The van der Waals surface area contributed by atoms with E-state index in [9.17, 15) is 0 Å². The van der Waals surface area contributed by atoms with Crippen LogP contribution in [0.4, 0.5) is 5.82 Å². The summed E-state index contributed by atoms with van der Waals surface area (Å²) in [7, 11) is 1.59. The van der Waals surface area contributed by atoms with E-state index in [2.05, 4.69) is 5.16 Å². The molecular weight excluding hydrogens is 220 g/mol. The van der Waals surface area contributed by atoms with Crippen LogP contribution < -0.4 is 15.2 Å². The fraction of sp³-hybridized carbons (Fsp3) is 0.250. The molecule has 1 aromatic heterocycles. The molecule has 0 saturated carbocycles. The van der Waals surface area contributed by atoms with Gasteiger partial charge in [0.15, 0.2) is 23.1 Å². The lowest BCUT2D eigenvalue weighted by Crippen LogP contribution is -1.95. The van der Waals surface area contributed by atoms with Crippen molar-refractivity contribution in [1.29, 1.82) is 0 Å². The lowest BCUT2D eigenvalue weighted by atomic mass is 10.1. The quantitative estimate of drug-likeness (QED) is 0.879. The van der Waals surface area contributed by atoms with Crippen LogP contribution in [0.2, 0.25) is 0 Å². The SMILES string of the molecule is CCOc1ccc(-c2cc(N)no2)cc1OC. The summed E-state index contributed by atoms with van der Waals surface area (Å²) in [5, 5.41) is 3.64. The lowest BCUT2D eigenvalue weighted by Gasteiger charge is -2.09. The van der Waals surface area contributed by atoms with Crippen molar-refractivity contribution >= 4 is 5.82 Å². The highest BCUT2D eigenvalue weighted by atomic mass is 16.5. The lowest BCUT2D eigenvalue weighted by molar-refractivity contribution is 0.311. The first kappa shape index (κ1) is 11.3. The molecular formula is C12H14N2O3. The molecule has 1 heterocycles. The van der Waals surface area contributed by atoms with Crippen LogP contribution in [0.5, 0.6) is 11.5 Å². The minimum absolute atomic E-state index is 0.354. The summed E-state index contributed by atoms with van der Waals surface area (Å²) in [6.45, 7) is 2.51. The molecule has 0 aliphatic heterocycles. The van der Waals surface area contributed by atoms with Crippen molar-refractivity contribution in [1.82, 2.24) is 5.16 Å². The molecule has 5 heteroatoms. The number of methoxy groups -OCH3 is 1.